The predicted octanol–water partition coefficient (Wildman–Crippen LogP) is 2.82. The Labute approximate surface area is 135 Å². The number of alkyl carbamates (subject to hydrolysis) is 1. The minimum absolute atomic E-state index is 0.0320. The molecule has 1 aromatic carbocycles. The van der Waals surface area contributed by atoms with E-state index in [0.717, 1.165) is 0 Å². The highest BCUT2D eigenvalue weighted by Crippen LogP contribution is 2.14. The summed E-state index contributed by atoms with van der Waals surface area (Å²) in [6.45, 7) is 5.31. The van der Waals surface area contributed by atoms with Gasteiger partial charge in [-0.25, -0.2) is 9.59 Å². The van der Waals surface area contributed by atoms with Crippen molar-refractivity contribution in [3.8, 4) is 0 Å². The molecule has 0 aliphatic rings. The van der Waals surface area contributed by atoms with E-state index >= 15 is 0 Å². The summed E-state index contributed by atoms with van der Waals surface area (Å²) in [5.74, 6) is -0.494. The van der Waals surface area contributed by atoms with Crippen LogP contribution in [0.15, 0.2) is 24.3 Å². The Morgan fingerprint density at radius 1 is 1.23 bits per heavy atom. The largest absolute Gasteiger partial charge is 0.467 e. The fourth-order valence-corrected chi connectivity index (χ4v) is 1.71. The van der Waals surface area contributed by atoms with Gasteiger partial charge < -0.3 is 20.1 Å². The Balaban J connectivity index is 2.63. The van der Waals surface area contributed by atoms with Crippen molar-refractivity contribution >= 4 is 29.4 Å². The van der Waals surface area contributed by atoms with Crippen molar-refractivity contribution in [1.82, 2.24) is 5.32 Å². The molecular weight excluding hydrogens is 308 g/mol. The maximum Gasteiger partial charge on any atom is 0.407 e. The Hall–Kier alpha value is -1.95. The summed E-state index contributed by atoms with van der Waals surface area (Å²) in [5.41, 5.74) is 0.0832. The first kappa shape index (κ1) is 18.1. The van der Waals surface area contributed by atoms with E-state index in [1.54, 1.807) is 45.0 Å². The van der Waals surface area contributed by atoms with Gasteiger partial charge in [-0.1, -0.05) is 11.6 Å². The molecule has 0 fully saturated rings. The van der Waals surface area contributed by atoms with Crippen LogP contribution in [0.25, 0.3) is 0 Å². The molecule has 2 N–H and O–H groups in total. The number of hydrogen-bond acceptors (Lipinski definition) is 5. The number of ether oxygens (including phenoxy) is 2. The number of nitrogens with one attached hydrogen (secondary N) is 2. The summed E-state index contributed by atoms with van der Waals surface area (Å²) < 4.78 is 9.84. The van der Waals surface area contributed by atoms with Gasteiger partial charge >= 0.3 is 12.1 Å². The lowest BCUT2D eigenvalue weighted by Gasteiger charge is -2.22. The smallest absolute Gasteiger partial charge is 0.407 e. The van der Waals surface area contributed by atoms with Crippen LogP contribution >= 0.6 is 11.6 Å². The van der Waals surface area contributed by atoms with E-state index in [0.29, 0.717) is 10.7 Å². The summed E-state index contributed by atoms with van der Waals surface area (Å²) in [5, 5.41) is 6.10. The molecule has 0 heterocycles. The van der Waals surface area contributed by atoms with Crippen molar-refractivity contribution < 1.29 is 19.1 Å². The standard InChI is InChI=1S/C15H21ClN2O4/c1-15(2,3)22-14(20)17-9-12(13(19)21-4)18-11-7-5-10(16)6-8-11/h5-8,12,18H,9H2,1-4H3,(H,17,20)/t12-/m0/s1. The van der Waals surface area contributed by atoms with Crippen LogP contribution in [0.4, 0.5) is 10.5 Å². The first-order valence-electron chi connectivity index (χ1n) is 6.78. The number of carbonyl (C=O) groups excluding carboxylic acids is 2. The van der Waals surface area contributed by atoms with Crippen LogP contribution in [0.3, 0.4) is 0 Å². The van der Waals surface area contributed by atoms with Crippen LogP contribution in [-0.2, 0) is 14.3 Å². The zero-order valence-corrected chi connectivity index (χ0v) is 13.9. The van der Waals surface area contributed by atoms with Crippen molar-refractivity contribution in [3.05, 3.63) is 29.3 Å². The third-order valence-electron chi connectivity index (χ3n) is 2.52. The average molecular weight is 329 g/mol. The Morgan fingerprint density at radius 2 is 1.82 bits per heavy atom. The molecule has 6 nitrogen and oxygen atoms in total. The zero-order chi connectivity index (χ0) is 16.8. The fourth-order valence-electron chi connectivity index (χ4n) is 1.58. The molecule has 0 saturated carbocycles. The third-order valence-corrected chi connectivity index (χ3v) is 2.77. The third kappa shape index (κ3) is 6.67. The highest BCUT2D eigenvalue weighted by molar-refractivity contribution is 6.30. The average Bonchev–Trinajstić information content (AvgIpc) is 2.42. The van der Waals surface area contributed by atoms with Gasteiger partial charge in [0.25, 0.3) is 0 Å². The molecule has 1 rings (SSSR count). The molecule has 1 amide bonds. The second-order valence-corrected chi connectivity index (χ2v) is 6.05. The van der Waals surface area contributed by atoms with Crippen molar-refractivity contribution in [2.45, 2.75) is 32.4 Å². The number of hydrogen-bond donors (Lipinski definition) is 2. The highest BCUT2D eigenvalue weighted by Gasteiger charge is 2.22. The summed E-state index contributed by atoms with van der Waals surface area (Å²) in [4.78, 5) is 23.4. The predicted molar refractivity (Wildman–Crippen MR) is 85.1 cm³/mol. The number of esters is 1. The van der Waals surface area contributed by atoms with Gasteiger partial charge in [0.15, 0.2) is 0 Å². The van der Waals surface area contributed by atoms with Gasteiger partial charge in [0.05, 0.1) is 13.7 Å². The fraction of sp³-hybridized carbons (Fsp3) is 0.467. The van der Waals surface area contributed by atoms with Gasteiger partial charge in [0, 0.05) is 10.7 Å². The first-order chi connectivity index (χ1) is 10.2. The van der Waals surface area contributed by atoms with Gasteiger partial charge in [-0.3, -0.25) is 0 Å². The van der Waals surface area contributed by atoms with Crippen LogP contribution in [0.2, 0.25) is 5.02 Å². The SMILES string of the molecule is COC(=O)[C@H](CNC(=O)OC(C)(C)C)Nc1ccc(Cl)cc1. The van der Waals surface area contributed by atoms with Gasteiger partial charge in [0.1, 0.15) is 11.6 Å². The molecule has 0 aliphatic heterocycles. The second-order valence-electron chi connectivity index (χ2n) is 5.61. The Bertz CT molecular complexity index is 511. The molecule has 0 aromatic heterocycles. The lowest BCUT2D eigenvalue weighted by atomic mass is 10.2. The number of rotatable bonds is 5. The molecule has 0 radical (unpaired) electrons. The lowest BCUT2D eigenvalue weighted by Crippen LogP contribution is -2.43. The quantitative estimate of drug-likeness (QED) is 0.813. The Kier molecular flexibility index (Phi) is 6.49. The van der Waals surface area contributed by atoms with E-state index in [9.17, 15) is 9.59 Å². The Morgan fingerprint density at radius 3 is 2.32 bits per heavy atom. The van der Waals surface area contributed by atoms with E-state index in [4.69, 9.17) is 21.1 Å². The molecule has 7 heteroatoms. The molecule has 1 aromatic rings. The molecule has 0 bridgehead atoms. The van der Waals surface area contributed by atoms with Crippen LogP contribution in [-0.4, -0.2) is 37.4 Å². The molecule has 0 unspecified atom stereocenters. The maximum atomic E-state index is 11.8. The maximum absolute atomic E-state index is 11.8. The number of anilines is 1. The monoisotopic (exact) mass is 328 g/mol. The minimum Gasteiger partial charge on any atom is -0.467 e. The van der Waals surface area contributed by atoms with Gasteiger partial charge in [-0.15, -0.1) is 0 Å². The van der Waals surface area contributed by atoms with Crippen LogP contribution < -0.4 is 10.6 Å². The van der Waals surface area contributed by atoms with E-state index in [2.05, 4.69) is 10.6 Å². The van der Waals surface area contributed by atoms with Crippen LogP contribution in [0.5, 0.6) is 0 Å². The first-order valence-corrected chi connectivity index (χ1v) is 7.16. The molecule has 0 spiro atoms. The number of benzene rings is 1. The van der Waals surface area contributed by atoms with E-state index in [-0.39, 0.29) is 6.54 Å². The van der Waals surface area contributed by atoms with Crippen molar-refractivity contribution in [3.63, 3.8) is 0 Å². The summed E-state index contributed by atoms with van der Waals surface area (Å²) in [6, 6.07) is 6.11. The summed E-state index contributed by atoms with van der Waals surface area (Å²) in [6.07, 6.45) is -0.598. The zero-order valence-electron chi connectivity index (χ0n) is 13.1. The van der Waals surface area contributed by atoms with Gasteiger partial charge in [-0.05, 0) is 45.0 Å². The molecule has 122 valence electrons. The summed E-state index contributed by atoms with van der Waals surface area (Å²) in [7, 11) is 1.28. The van der Waals surface area contributed by atoms with E-state index < -0.39 is 23.7 Å². The number of halogens is 1. The van der Waals surface area contributed by atoms with Crippen LogP contribution in [0, 0.1) is 0 Å². The minimum atomic E-state index is -0.737. The van der Waals surface area contributed by atoms with Gasteiger partial charge in [-0.2, -0.15) is 0 Å². The molecule has 0 aliphatic carbocycles. The second kappa shape index (κ2) is 7.89. The number of carbonyl (C=O) groups is 2. The van der Waals surface area contributed by atoms with Gasteiger partial charge in [0.2, 0.25) is 0 Å². The lowest BCUT2D eigenvalue weighted by molar-refractivity contribution is -0.141. The van der Waals surface area contributed by atoms with Crippen molar-refractivity contribution in [2.75, 3.05) is 19.0 Å². The molecule has 22 heavy (non-hydrogen) atoms. The number of amides is 1. The molecular formula is C15H21ClN2O4. The van der Waals surface area contributed by atoms with E-state index in [1.165, 1.54) is 7.11 Å². The van der Waals surface area contributed by atoms with Crippen molar-refractivity contribution in [1.29, 1.82) is 0 Å². The summed E-state index contributed by atoms with van der Waals surface area (Å²) >= 11 is 5.81. The van der Waals surface area contributed by atoms with E-state index in [1.807, 2.05) is 0 Å². The highest BCUT2D eigenvalue weighted by atomic mass is 35.5. The van der Waals surface area contributed by atoms with Crippen LogP contribution in [0.1, 0.15) is 20.8 Å². The topological polar surface area (TPSA) is 76.7 Å². The molecule has 0 saturated heterocycles. The number of methoxy groups -OCH3 is 1. The van der Waals surface area contributed by atoms with Crippen molar-refractivity contribution in [2.24, 2.45) is 0 Å². The normalized spacial score (nSPS) is 12.2. The molecule has 1 atom stereocenters.